The van der Waals surface area contributed by atoms with Crippen LogP contribution in [0, 0.1) is 5.82 Å². The molecular formula is C15H20FN7. The third-order valence-corrected chi connectivity index (χ3v) is 3.93. The molecule has 2 heterocycles. The monoisotopic (exact) mass is 317 g/mol. The smallest absolute Gasteiger partial charge is 0.243 e. The van der Waals surface area contributed by atoms with Crippen LogP contribution in [0.4, 0.5) is 27.9 Å². The number of rotatable bonds is 4. The lowest BCUT2D eigenvalue weighted by atomic mass is 10.0. The van der Waals surface area contributed by atoms with Gasteiger partial charge in [0, 0.05) is 12.6 Å². The van der Waals surface area contributed by atoms with Crippen LogP contribution in [-0.4, -0.2) is 27.5 Å². The van der Waals surface area contributed by atoms with Crippen LogP contribution >= 0.6 is 0 Å². The van der Waals surface area contributed by atoms with Crippen molar-refractivity contribution in [2.75, 3.05) is 22.2 Å². The largest absolute Gasteiger partial charge is 0.338 e. The zero-order chi connectivity index (χ0) is 16.2. The van der Waals surface area contributed by atoms with E-state index in [0.717, 1.165) is 19.4 Å². The number of piperidine rings is 1. The second kappa shape index (κ2) is 6.74. The predicted molar refractivity (Wildman–Crippen MR) is 88.0 cm³/mol. The van der Waals surface area contributed by atoms with E-state index in [9.17, 15) is 4.39 Å². The summed E-state index contributed by atoms with van der Waals surface area (Å²) < 4.78 is 13.8. The zero-order valence-corrected chi connectivity index (χ0v) is 13.0. The van der Waals surface area contributed by atoms with Gasteiger partial charge in [0.15, 0.2) is 0 Å². The summed E-state index contributed by atoms with van der Waals surface area (Å²) in [6.45, 7) is 3.02. The Bertz CT molecular complexity index is 679. The molecule has 1 aliphatic heterocycles. The molecule has 4 N–H and O–H groups in total. The molecule has 3 rings (SSSR count). The van der Waals surface area contributed by atoms with Crippen molar-refractivity contribution in [3.05, 3.63) is 30.1 Å². The van der Waals surface area contributed by atoms with Gasteiger partial charge in [-0.3, -0.25) is 5.43 Å². The molecule has 23 heavy (non-hydrogen) atoms. The van der Waals surface area contributed by atoms with Gasteiger partial charge in [-0.2, -0.15) is 15.0 Å². The molecule has 1 saturated heterocycles. The third-order valence-electron chi connectivity index (χ3n) is 3.93. The molecule has 0 saturated carbocycles. The quantitative estimate of drug-likeness (QED) is 0.589. The summed E-state index contributed by atoms with van der Waals surface area (Å²) in [4.78, 5) is 15.0. The first-order valence-corrected chi connectivity index (χ1v) is 7.68. The maximum atomic E-state index is 13.8. The minimum Gasteiger partial charge on any atom is -0.338 e. The number of benzene rings is 1. The van der Waals surface area contributed by atoms with Crippen LogP contribution in [0.25, 0.3) is 0 Å². The van der Waals surface area contributed by atoms with Crippen molar-refractivity contribution < 1.29 is 4.39 Å². The van der Waals surface area contributed by atoms with Gasteiger partial charge in [-0.25, -0.2) is 10.2 Å². The Morgan fingerprint density at radius 1 is 1.17 bits per heavy atom. The van der Waals surface area contributed by atoms with Crippen molar-refractivity contribution in [1.82, 2.24) is 15.0 Å². The van der Waals surface area contributed by atoms with Crippen LogP contribution in [0.5, 0.6) is 0 Å². The van der Waals surface area contributed by atoms with Crippen LogP contribution in [0.3, 0.4) is 0 Å². The van der Waals surface area contributed by atoms with Crippen molar-refractivity contribution in [1.29, 1.82) is 0 Å². The number of aromatic nitrogens is 3. The molecule has 1 fully saturated rings. The van der Waals surface area contributed by atoms with E-state index in [1.807, 2.05) is 0 Å². The fourth-order valence-electron chi connectivity index (χ4n) is 2.69. The van der Waals surface area contributed by atoms with E-state index in [1.54, 1.807) is 18.2 Å². The van der Waals surface area contributed by atoms with Crippen molar-refractivity contribution in [2.45, 2.75) is 32.2 Å². The number of para-hydroxylation sites is 1. The molecule has 2 aromatic rings. The first kappa shape index (κ1) is 15.4. The lowest BCUT2D eigenvalue weighted by molar-refractivity contribution is 0.477. The summed E-state index contributed by atoms with van der Waals surface area (Å²) in [6.07, 6.45) is 3.38. The maximum absolute atomic E-state index is 13.8. The molecule has 0 amide bonds. The van der Waals surface area contributed by atoms with E-state index in [-0.39, 0.29) is 17.7 Å². The van der Waals surface area contributed by atoms with E-state index < -0.39 is 0 Å². The summed E-state index contributed by atoms with van der Waals surface area (Å²) in [5, 5.41) is 2.88. The van der Waals surface area contributed by atoms with Crippen LogP contribution in [0.1, 0.15) is 26.2 Å². The van der Waals surface area contributed by atoms with Gasteiger partial charge in [-0.15, -0.1) is 0 Å². The topological polar surface area (TPSA) is 92.0 Å². The number of anilines is 4. The van der Waals surface area contributed by atoms with Crippen molar-refractivity contribution in [3.63, 3.8) is 0 Å². The molecular weight excluding hydrogens is 297 g/mol. The van der Waals surface area contributed by atoms with Gasteiger partial charge in [0.05, 0.1) is 5.69 Å². The molecule has 1 aliphatic rings. The average Bonchev–Trinajstić information content (AvgIpc) is 2.57. The minimum atomic E-state index is -0.372. The fourth-order valence-corrected chi connectivity index (χ4v) is 2.69. The van der Waals surface area contributed by atoms with Gasteiger partial charge in [0.2, 0.25) is 17.8 Å². The van der Waals surface area contributed by atoms with Crippen molar-refractivity contribution in [3.8, 4) is 0 Å². The lowest BCUT2D eigenvalue weighted by Crippen LogP contribution is -2.39. The number of nitrogens with zero attached hydrogens (tertiary/aromatic N) is 4. The maximum Gasteiger partial charge on any atom is 0.243 e. The van der Waals surface area contributed by atoms with Gasteiger partial charge >= 0.3 is 0 Å². The third kappa shape index (κ3) is 3.48. The molecule has 1 atom stereocenters. The molecule has 122 valence electrons. The molecule has 1 aromatic carbocycles. The molecule has 0 radical (unpaired) electrons. The van der Waals surface area contributed by atoms with Crippen molar-refractivity contribution >= 4 is 23.5 Å². The molecule has 7 nitrogen and oxygen atoms in total. The molecule has 8 heteroatoms. The van der Waals surface area contributed by atoms with Crippen LogP contribution in [-0.2, 0) is 0 Å². The Hall–Kier alpha value is -2.48. The number of hydrazine groups is 1. The number of hydrogen-bond donors (Lipinski definition) is 3. The highest BCUT2D eigenvalue weighted by molar-refractivity contribution is 5.56. The molecule has 0 unspecified atom stereocenters. The van der Waals surface area contributed by atoms with Gasteiger partial charge in [-0.1, -0.05) is 12.1 Å². The Balaban J connectivity index is 1.91. The number of halogens is 1. The number of nitrogen functional groups attached to an aromatic ring is 1. The molecule has 0 aliphatic carbocycles. The fraction of sp³-hybridized carbons (Fsp3) is 0.400. The second-order valence-electron chi connectivity index (χ2n) is 5.57. The zero-order valence-electron chi connectivity index (χ0n) is 13.0. The van der Waals surface area contributed by atoms with Crippen LogP contribution < -0.4 is 21.5 Å². The summed E-state index contributed by atoms with van der Waals surface area (Å²) >= 11 is 0. The second-order valence-corrected chi connectivity index (χ2v) is 5.57. The Kier molecular flexibility index (Phi) is 4.52. The molecule has 1 aromatic heterocycles. The SMILES string of the molecule is C[C@H]1CCCCN1c1nc(NN)nc(Nc2ccccc2F)n1. The summed E-state index contributed by atoms with van der Waals surface area (Å²) in [7, 11) is 0. The Morgan fingerprint density at radius 2 is 1.96 bits per heavy atom. The summed E-state index contributed by atoms with van der Waals surface area (Å²) in [5.74, 6) is 6.12. The van der Waals surface area contributed by atoms with Crippen molar-refractivity contribution in [2.24, 2.45) is 5.84 Å². The number of nitrogens with one attached hydrogen (secondary N) is 2. The number of nitrogens with two attached hydrogens (primary N) is 1. The lowest BCUT2D eigenvalue weighted by Gasteiger charge is -2.33. The normalized spacial score (nSPS) is 17.9. The highest BCUT2D eigenvalue weighted by Gasteiger charge is 2.22. The standard InChI is InChI=1S/C15H20FN7/c1-10-6-4-5-9-23(10)15-20-13(19-14(21-15)22-17)18-12-8-3-2-7-11(12)16/h2-3,7-8,10H,4-6,9,17H2,1H3,(H2,18,19,20,21,22)/t10-/m0/s1. The van der Waals surface area contributed by atoms with Gasteiger partial charge < -0.3 is 10.2 Å². The first-order valence-electron chi connectivity index (χ1n) is 7.68. The highest BCUT2D eigenvalue weighted by Crippen LogP contribution is 2.24. The van der Waals surface area contributed by atoms with Crippen LogP contribution in [0.2, 0.25) is 0 Å². The Labute approximate surface area is 134 Å². The van der Waals surface area contributed by atoms with E-state index in [1.165, 1.54) is 12.5 Å². The summed E-state index contributed by atoms with van der Waals surface area (Å²) in [5.41, 5.74) is 2.74. The predicted octanol–water partition coefficient (Wildman–Crippen LogP) is 2.42. The summed E-state index contributed by atoms with van der Waals surface area (Å²) in [6, 6.07) is 6.71. The van der Waals surface area contributed by atoms with Crippen LogP contribution in [0.15, 0.2) is 24.3 Å². The van der Waals surface area contributed by atoms with Gasteiger partial charge in [0.1, 0.15) is 5.82 Å². The first-order chi connectivity index (χ1) is 11.2. The molecule has 0 bridgehead atoms. The van der Waals surface area contributed by atoms with E-state index in [2.05, 4.69) is 37.5 Å². The van der Waals surface area contributed by atoms with E-state index in [0.29, 0.717) is 17.7 Å². The van der Waals surface area contributed by atoms with Gasteiger partial charge in [0.25, 0.3) is 0 Å². The molecule has 0 spiro atoms. The van der Waals surface area contributed by atoms with E-state index in [4.69, 9.17) is 5.84 Å². The minimum absolute atomic E-state index is 0.242. The average molecular weight is 317 g/mol. The highest BCUT2D eigenvalue weighted by atomic mass is 19.1. The Morgan fingerprint density at radius 3 is 2.70 bits per heavy atom. The number of hydrogen-bond acceptors (Lipinski definition) is 7. The van der Waals surface area contributed by atoms with E-state index >= 15 is 0 Å². The van der Waals surface area contributed by atoms with Gasteiger partial charge in [-0.05, 0) is 38.3 Å².